The van der Waals surface area contributed by atoms with Crippen LogP contribution in [0.5, 0.6) is 0 Å². The quantitative estimate of drug-likeness (QED) is 0.113. The number of amides is 4. The Bertz CT molecular complexity index is 1200. The molecule has 4 atom stereocenters. The van der Waals surface area contributed by atoms with Gasteiger partial charge in [-0.05, 0) is 49.8 Å². The third-order valence-corrected chi connectivity index (χ3v) is 6.67. The van der Waals surface area contributed by atoms with Crippen molar-refractivity contribution in [2.24, 2.45) is 23.1 Å². The lowest BCUT2D eigenvalue weighted by atomic mass is 10.0. The number of benzene rings is 1. The molecule has 13 nitrogen and oxygen atoms in total. The topological polar surface area (TPSA) is 236 Å². The molecule has 0 spiro atoms. The summed E-state index contributed by atoms with van der Waals surface area (Å²) in [5, 5.41) is 18.2. The number of para-hydroxylation sites is 1. The van der Waals surface area contributed by atoms with Crippen molar-refractivity contribution in [3.63, 3.8) is 0 Å². The van der Waals surface area contributed by atoms with Gasteiger partial charge in [0.25, 0.3) is 0 Å². The molecule has 226 valence electrons. The second kappa shape index (κ2) is 16.3. The molecule has 0 bridgehead atoms. The molecule has 0 aliphatic heterocycles. The number of aromatic nitrogens is 1. The van der Waals surface area contributed by atoms with Crippen molar-refractivity contribution in [1.29, 1.82) is 0 Å². The van der Waals surface area contributed by atoms with Gasteiger partial charge in [-0.1, -0.05) is 38.5 Å². The Morgan fingerprint density at radius 2 is 1.54 bits per heavy atom. The van der Waals surface area contributed by atoms with Crippen molar-refractivity contribution in [1.82, 2.24) is 20.9 Å². The fraction of sp³-hybridized carbons (Fsp3) is 0.536. The van der Waals surface area contributed by atoms with Crippen molar-refractivity contribution >= 4 is 40.5 Å². The molecule has 1 aromatic heterocycles. The van der Waals surface area contributed by atoms with E-state index in [1.807, 2.05) is 38.1 Å². The number of carbonyl (C=O) groups excluding carboxylic acids is 4. The lowest BCUT2D eigenvalue weighted by Gasteiger charge is -2.25. The third-order valence-electron chi connectivity index (χ3n) is 6.67. The van der Waals surface area contributed by atoms with Gasteiger partial charge in [0.15, 0.2) is 0 Å². The van der Waals surface area contributed by atoms with Crippen LogP contribution in [0.2, 0.25) is 0 Å². The standard InChI is InChI=1S/C28H43N7O6/c1-16(2)13-23(28(40)41)35-27(39)22(14-17-15-32-20-9-4-3-7-18(17)20)34-26(38)21(10-11-24(31)36)33-25(37)19(30)8-5-6-12-29/h3-4,7,9,15-16,19,21-23,32H,5-6,8,10-14,29-30H2,1-2H3,(H2,31,36)(H,33,37)(H,34,38)(H,35,39)(H,40,41). The van der Waals surface area contributed by atoms with Gasteiger partial charge in [0, 0.05) is 29.9 Å². The van der Waals surface area contributed by atoms with Crippen molar-refractivity contribution < 1.29 is 29.1 Å². The first-order chi connectivity index (χ1) is 19.4. The van der Waals surface area contributed by atoms with Gasteiger partial charge in [0.1, 0.15) is 18.1 Å². The average Bonchev–Trinajstić information content (AvgIpc) is 3.32. The van der Waals surface area contributed by atoms with Crippen LogP contribution in [0.25, 0.3) is 10.9 Å². The number of aromatic amines is 1. The third kappa shape index (κ3) is 10.8. The van der Waals surface area contributed by atoms with Crippen molar-refractivity contribution in [3.05, 3.63) is 36.0 Å². The summed E-state index contributed by atoms with van der Waals surface area (Å²) in [5.74, 6) is -3.90. The van der Waals surface area contributed by atoms with Crippen LogP contribution in [0, 0.1) is 5.92 Å². The summed E-state index contributed by atoms with van der Waals surface area (Å²) < 4.78 is 0. The fourth-order valence-electron chi connectivity index (χ4n) is 4.44. The molecule has 0 radical (unpaired) electrons. The SMILES string of the molecule is CC(C)CC(NC(=O)C(Cc1c[nH]c2ccccc12)NC(=O)C(CCC(N)=O)NC(=O)C(N)CCCCN)C(=O)O. The molecule has 0 aliphatic carbocycles. The molecule has 2 aromatic rings. The van der Waals surface area contributed by atoms with Crippen LogP contribution in [0.1, 0.15) is 57.9 Å². The fourth-order valence-corrected chi connectivity index (χ4v) is 4.44. The molecule has 1 aromatic carbocycles. The van der Waals surface area contributed by atoms with E-state index >= 15 is 0 Å². The van der Waals surface area contributed by atoms with Crippen LogP contribution >= 0.6 is 0 Å². The smallest absolute Gasteiger partial charge is 0.326 e. The maximum Gasteiger partial charge on any atom is 0.326 e. The number of carboxylic acids is 1. The normalized spacial score (nSPS) is 14.2. The first-order valence-corrected chi connectivity index (χ1v) is 13.9. The zero-order valence-electron chi connectivity index (χ0n) is 23.7. The summed E-state index contributed by atoms with van der Waals surface area (Å²) >= 11 is 0. The van der Waals surface area contributed by atoms with Crippen LogP contribution < -0.4 is 33.2 Å². The van der Waals surface area contributed by atoms with Crippen molar-refractivity contribution in [3.8, 4) is 0 Å². The summed E-state index contributed by atoms with van der Waals surface area (Å²) in [6.45, 7) is 4.12. The van der Waals surface area contributed by atoms with E-state index < -0.39 is 53.8 Å². The highest BCUT2D eigenvalue weighted by Gasteiger charge is 2.31. The minimum atomic E-state index is -1.21. The predicted molar refractivity (Wildman–Crippen MR) is 154 cm³/mol. The maximum atomic E-state index is 13.4. The number of hydrogen-bond donors (Lipinski definition) is 8. The van der Waals surface area contributed by atoms with Crippen molar-refractivity contribution in [2.75, 3.05) is 6.54 Å². The summed E-state index contributed by atoms with van der Waals surface area (Å²) in [5.41, 5.74) is 18.3. The number of carboxylic acid groups (broad SMARTS) is 1. The predicted octanol–water partition coefficient (Wildman–Crippen LogP) is 0.0173. The zero-order chi connectivity index (χ0) is 30.5. The first-order valence-electron chi connectivity index (χ1n) is 13.9. The number of fused-ring (bicyclic) bond motifs is 1. The monoisotopic (exact) mass is 573 g/mol. The Kier molecular flexibility index (Phi) is 13.2. The van der Waals surface area contributed by atoms with Crippen LogP contribution in [0.3, 0.4) is 0 Å². The van der Waals surface area contributed by atoms with Gasteiger partial charge in [-0.2, -0.15) is 0 Å². The number of carbonyl (C=O) groups is 5. The number of unbranched alkanes of at least 4 members (excludes halogenated alkanes) is 1. The first kappa shape index (κ1) is 33.2. The van der Waals surface area contributed by atoms with Gasteiger partial charge in [-0.15, -0.1) is 0 Å². The van der Waals surface area contributed by atoms with E-state index in [9.17, 15) is 29.1 Å². The lowest BCUT2D eigenvalue weighted by Crippen LogP contribution is -2.57. The van der Waals surface area contributed by atoms with Gasteiger partial charge in [-0.3, -0.25) is 19.2 Å². The van der Waals surface area contributed by atoms with Gasteiger partial charge >= 0.3 is 5.97 Å². The molecule has 4 unspecified atom stereocenters. The van der Waals surface area contributed by atoms with Crippen LogP contribution in [-0.2, 0) is 30.4 Å². The largest absolute Gasteiger partial charge is 0.480 e. The number of hydrogen-bond acceptors (Lipinski definition) is 7. The summed E-state index contributed by atoms with van der Waals surface area (Å²) in [6, 6.07) is 2.94. The Labute approximate surface area is 239 Å². The van der Waals surface area contributed by atoms with E-state index in [-0.39, 0.29) is 31.6 Å². The minimum Gasteiger partial charge on any atom is -0.480 e. The maximum absolute atomic E-state index is 13.4. The molecule has 0 fully saturated rings. The van der Waals surface area contributed by atoms with Gasteiger partial charge in [-0.25, -0.2) is 4.79 Å². The molecule has 4 amide bonds. The number of aliphatic carboxylic acids is 1. The van der Waals surface area contributed by atoms with E-state index in [0.717, 1.165) is 16.5 Å². The average molecular weight is 574 g/mol. The van der Waals surface area contributed by atoms with Crippen LogP contribution in [-0.4, -0.2) is 70.4 Å². The van der Waals surface area contributed by atoms with Crippen LogP contribution in [0.4, 0.5) is 0 Å². The number of H-pyrrole nitrogens is 1. The minimum absolute atomic E-state index is 0.0134. The number of rotatable bonds is 18. The highest BCUT2D eigenvalue weighted by atomic mass is 16.4. The molecule has 11 N–H and O–H groups in total. The van der Waals surface area contributed by atoms with E-state index in [2.05, 4.69) is 20.9 Å². The molecular weight excluding hydrogens is 530 g/mol. The second-order valence-corrected chi connectivity index (χ2v) is 10.6. The Balaban J connectivity index is 2.30. The lowest BCUT2D eigenvalue weighted by molar-refractivity contribution is -0.142. The highest BCUT2D eigenvalue weighted by Crippen LogP contribution is 2.19. The molecule has 0 aliphatic rings. The van der Waals surface area contributed by atoms with Gasteiger partial charge in [0.2, 0.25) is 23.6 Å². The zero-order valence-corrected chi connectivity index (χ0v) is 23.7. The molecular formula is C28H43N7O6. The summed E-state index contributed by atoms with van der Waals surface area (Å²) in [4.78, 5) is 66.0. The highest BCUT2D eigenvalue weighted by molar-refractivity contribution is 5.95. The number of nitrogens with two attached hydrogens (primary N) is 3. The van der Waals surface area contributed by atoms with Gasteiger partial charge in [0.05, 0.1) is 6.04 Å². The van der Waals surface area contributed by atoms with Crippen LogP contribution in [0.15, 0.2) is 30.5 Å². The molecule has 13 heteroatoms. The molecule has 41 heavy (non-hydrogen) atoms. The van der Waals surface area contributed by atoms with E-state index in [0.29, 0.717) is 25.8 Å². The molecule has 1 heterocycles. The van der Waals surface area contributed by atoms with Crippen molar-refractivity contribution in [2.45, 2.75) is 83.0 Å². The Hall–Kier alpha value is -3.97. The molecule has 2 rings (SSSR count). The Morgan fingerprint density at radius 1 is 0.902 bits per heavy atom. The van der Waals surface area contributed by atoms with E-state index in [4.69, 9.17) is 17.2 Å². The van der Waals surface area contributed by atoms with E-state index in [1.54, 1.807) is 6.20 Å². The molecule has 0 saturated carbocycles. The van der Waals surface area contributed by atoms with E-state index in [1.165, 1.54) is 0 Å². The second-order valence-electron chi connectivity index (χ2n) is 10.6. The summed E-state index contributed by atoms with van der Waals surface area (Å²) in [6.07, 6.45) is 3.28. The number of nitrogens with one attached hydrogen (secondary N) is 4. The molecule has 0 saturated heterocycles. The Morgan fingerprint density at radius 3 is 2.17 bits per heavy atom. The summed E-state index contributed by atoms with van der Waals surface area (Å²) in [7, 11) is 0. The number of primary amides is 1. The van der Waals surface area contributed by atoms with Gasteiger partial charge < -0.3 is 43.2 Å².